The molecule has 22 heavy (non-hydrogen) atoms. The summed E-state index contributed by atoms with van der Waals surface area (Å²) >= 11 is 0. The van der Waals surface area contributed by atoms with Crippen LogP contribution in [0.3, 0.4) is 0 Å². The van der Waals surface area contributed by atoms with Gasteiger partial charge in [0, 0.05) is 32.7 Å². The van der Waals surface area contributed by atoms with Crippen molar-refractivity contribution in [3.8, 4) is 5.75 Å². The van der Waals surface area contributed by atoms with Crippen LogP contribution in [0.4, 0.5) is 0 Å². The molecule has 0 atom stereocenters. The summed E-state index contributed by atoms with van der Waals surface area (Å²) in [4.78, 5) is 4.93. The van der Waals surface area contributed by atoms with E-state index in [-0.39, 0.29) is 0 Å². The number of benzene rings is 1. The van der Waals surface area contributed by atoms with E-state index in [1.165, 1.54) is 42.9 Å². The van der Waals surface area contributed by atoms with E-state index in [0.29, 0.717) is 0 Å². The Kier molecular flexibility index (Phi) is 6.47. The molecule has 3 heteroatoms. The van der Waals surface area contributed by atoms with Crippen LogP contribution < -0.4 is 4.74 Å². The van der Waals surface area contributed by atoms with E-state index in [0.717, 1.165) is 31.7 Å². The molecule has 1 heterocycles. The Morgan fingerprint density at radius 2 is 1.91 bits per heavy atom. The highest BCUT2D eigenvalue weighted by molar-refractivity contribution is 5.44. The van der Waals surface area contributed by atoms with E-state index in [4.69, 9.17) is 4.74 Å². The molecule has 1 aliphatic rings. The van der Waals surface area contributed by atoms with Gasteiger partial charge in [0.25, 0.3) is 0 Å². The van der Waals surface area contributed by atoms with Crippen LogP contribution in [-0.4, -0.2) is 56.2 Å². The van der Waals surface area contributed by atoms with Gasteiger partial charge in [0.2, 0.25) is 0 Å². The Balaban J connectivity index is 1.82. The Hall–Kier alpha value is -1.32. The SMILES string of the molecule is C=CCc1cc(C)cc(C)c1OCCCN1CCN(C)CC1. The topological polar surface area (TPSA) is 15.7 Å². The number of hydrogen-bond donors (Lipinski definition) is 0. The van der Waals surface area contributed by atoms with Crippen molar-refractivity contribution in [2.75, 3.05) is 46.4 Å². The fourth-order valence-electron chi connectivity index (χ4n) is 3.09. The van der Waals surface area contributed by atoms with Gasteiger partial charge in [-0.3, -0.25) is 0 Å². The molecule has 3 nitrogen and oxygen atoms in total. The second-order valence-electron chi connectivity index (χ2n) is 6.41. The summed E-state index contributed by atoms with van der Waals surface area (Å²) in [5, 5.41) is 0. The van der Waals surface area contributed by atoms with E-state index >= 15 is 0 Å². The fourth-order valence-corrected chi connectivity index (χ4v) is 3.09. The summed E-state index contributed by atoms with van der Waals surface area (Å²) in [6, 6.07) is 4.41. The number of rotatable bonds is 7. The molecule has 1 saturated heterocycles. The van der Waals surface area contributed by atoms with E-state index < -0.39 is 0 Å². The quantitative estimate of drug-likeness (QED) is 0.569. The first kappa shape index (κ1) is 17.0. The van der Waals surface area contributed by atoms with Crippen molar-refractivity contribution in [2.45, 2.75) is 26.7 Å². The number of piperazine rings is 1. The second kappa shape index (κ2) is 8.35. The number of ether oxygens (including phenoxy) is 1. The first-order valence-electron chi connectivity index (χ1n) is 8.35. The first-order chi connectivity index (χ1) is 10.6. The van der Waals surface area contributed by atoms with E-state index in [1.807, 2.05) is 6.08 Å². The lowest BCUT2D eigenvalue weighted by Crippen LogP contribution is -2.44. The summed E-state index contributed by atoms with van der Waals surface area (Å²) in [5.41, 5.74) is 3.78. The first-order valence-corrected chi connectivity index (χ1v) is 8.35. The lowest BCUT2D eigenvalue weighted by molar-refractivity contribution is 0.145. The van der Waals surface area contributed by atoms with Gasteiger partial charge in [-0.25, -0.2) is 0 Å². The third-order valence-corrected chi connectivity index (χ3v) is 4.32. The highest BCUT2D eigenvalue weighted by atomic mass is 16.5. The molecule has 0 aliphatic carbocycles. The van der Waals surface area contributed by atoms with Gasteiger partial charge < -0.3 is 14.5 Å². The van der Waals surface area contributed by atoms with Gasteiger partial charge in [0.05, 0.1) is 6.61 Å². The van der Waals surface area contributed by atoms with Gasteiger partial charge in [-0.05, 0) is 44.9 Å². The molecule has 122 valence electrons. The zero-order valence-corrected chi connectivity index (χ0v) is 14.4. The highest BCUT2D eigenvalue weighted by Gasteiger charge is 2.13. The van der Waals surface area contributed by atoms with E-state index in [9.17, 15) is 0 Å². The van der Waals surface area contributed by atoms with Crippen LogP contribution in [0.1, 0.15) is 23.1 Å². The van der Waals surface area contributed by atoms with Crippen LogP contribution in [0, 0.1) is 13.8 Å². The maximum Gasteiger partial charge on any atom is 0.125 e. The normalized spacial score (nSPS) is 16.7. The third kappa shape index (κ3) is 4.85. The van der Waals surface area contributed by atoms with Gasteiger partial charge in [-0.2, -0.15) is 0 Å². The van der Waals surface area contributed by atoms with Crippen LogP contribution >= 0.6 is 0 Å². The van der Waals surface area contributed by atoms with Gasteiger partial charge in [-0.15, -0.1) is 6.58 Å². The van der Waals surface area contributed by atoms with Crippen LogP contribution in [0.15, 0.2) is 24.8 Å². The number of allylic oxidation sites excluding steroid dienone is 1. The molecule has 0 aromatic heterocycles. The minimum absolute atomic E-state index is 0.792. The second-order valence-corrected chi connectivity index (χ2v) is 6.41. The lowest BCUT2D eigenvalue weighted by Gasteiger charge is -2.32. The molecule has 2 rings (SSSR count). The Morgan fingerprint density at radius 1 is 1.18 bits per heavy atom. The summed E-state index contributed by atoms with van der Waals surface area (Å²) in [6.07, 6.45) is 3.91. The maximum absolute atomic E-state index is 6.10. The molecule has 0 amide bonds. The van der Waals surface area contributed by atoms with Crippen molar-refractivity contribution in [1.82, 2.24) is 9.80 Å². The van der Waals surface area contributed by atoms with Crippen molar-refractivity contribution in [1.29, 1.82) is 0 Å². The molecular weight excluding hydrogens is 272 g/mol. The molecule has 0 saturated carbocycles. The van der Waals surface area contributed by atoms with Crippen molar-refractivity contribution in [3.63, 3.8) is 0 Å². The molecule has 0 unspecified atom stereocenters. The number of nitrogens with zero attached hydrogens (tertiary/aromatic N) is 2. The molecule has 1 aromatic carbocycles. The van der Waals surface area contributed by atoms with Crippen molar-refractivity contribution in [2.24, 2.45) is 0 Å². The average Bonchev–Trinajstić information content (AvgIpc) is 2.47. The molecule has 0 bridgehead atoms. The number of likely N-dealkylation sites (N-methyl/N-ethyl adjacent to an activating group) is 1. The van der Waals surface area contributed by atoms with Crippen LogP contribution in [0.5, 0.6) is 5.75 Å². The largest absolute Gasteiger partial charge is 0.493 e. The van der Waals surface area contributed by atoms with Crippen LogP contribution in [-0.2, 0) is 6.42 Å². The predicted molar refractivity (Wildman–Crippen MR) is 93.9 cm³/mol. The standard InChI is InChI=1S/C19H30N2O/c1-5-7-18-15-16(2)14-17(3)19(18)22-13-6-8-21-11-9-20(4)10-12-21/h5,14-15H,1,6-13H2,2-4H3. The zero-order valence-electron chi connectivity index (χ0n) is 14.4. The smallest absolute Gasteiger partial charge is 0.125 e. The minimum Gasteiger partial charge on any atom is -0.493 e. The molecular formula is C19H30N2O. The minimum atomic E-state index is 0.792. The Morgan fingerprint density at radius 3 is 2.59 bits per heavy atom. The van der Waals surface area contributed by atoms with Crippen molar-refractivity contribution in [3.05, 3.63) is 41.5 Å². The zero-order chi connectivity index (χ0) is 15.9. The molecule has 1 aliphatic heterocycles. The van der Waals surface area contributed by atoms with E-state index in [2.05, 4.69) is 49.4 Å². The molecule has 1 fully saturated rings. The summed E-state index contributed by atoms with van der Waals surface area (Å²) in [7, 11) is 2.20. The Labute approximate surface area is 135 Å². The van der Waals surface area contributed by atoms with Crippen LogP contribution in [0.25, 0.3) is 0 Å². The summed E-state index contributed by atoms with van der Waals surface area (Å²) in [5.74, 6) is 1.06. The summed E-state index contributed by atoms with van der Waals surface area (Å²) < 4.78 is 6.10. The monoisotopic (exact) mass is 302 g/mol. The average molecular weight is 302 g/mol. The third-order valence-electron chi connectivity index (χ3n) is 4.32. The molecule has 0 radical (unpaired) electrons. The van der Waals surface area contributed by atoms with Gasteiger partial charge in [-0.1, -0.05) is 23.8 Å². The van der Waals surface area contributed by atoms with E-state index in [1.54, 1.807) is 0 Å². The predicted octanol–water partition coefficient (Wildman–Crippen LogP) is 3.05. The Bertz CT molecular complexity index is 490. The maximum atomic E-state index is 6.10. The van der Waals surface area contributed by atoms with Gasteiger partial charge in [0.15, 0.2) is 0 Å². The van der Waals surface area contributed by atoms with Crippen molar-refractivity contribution < 1.29 is 4.74 Å². The fraction of sp³-hybridized carbons (Fsp3) is 0.579. The van der Waals surface area contributed by atoms with Crippen molar-refractivity contribution >= 4 is 0 Å². The number of aryl methyl sites for hydroxylation is 2. The van der Waals surface area contributed by atoms with Crippen LogP contribution in [0.2, 0.25) is 0 Å². The lowest BCUT2D eigenvalue weighted by atomic mass is 10.0. The number of hydrogen-bond acceptors (Lipinski definition) is 3. The van der Waals surface area contributed by atoms with Gasteiger partial charge in [0.1, 0.15) is 5.75 Å². The highest BCUT2D eigenvalue weighted by Crippen LogP contribution is 2.26. The molecule has 1 aromatic rings. The molecule has 0 N–H and O–H groups in total. The molecule has 0 spiro atoms. The van der Waals surface area contributed by atoms with Gasteiger partial charge >= 0.3 is 0 Å². The summed E-state index contributed by atoms with van der Waals surface area (Å²) in [6.45, 7) is 14.8.